The number of halogens is 1. The van der Waals surface area contributed by atoms with Crippen LogP contribution >= 0.6 is 27.7 Å². The highest BCUT2D eigenvalue weighted by atomic mass is 79.9. The van der Waals surface area contributed by atoms with E-state index in [1.807, 2.05) is 23.9 Å². The Morgan fingerprint density at radius 2 is 2.35 bits per heavy atom. The van der Waals surface area contributed by atoms with Crippen molar-refractivity contribution in [1.29, 1.82) is 0 Å². The summed E-state index contributed by atoms with van der Waals surface area (Å²) in [6, 6.07) is 4.14. The molecule has 0 aromatic carbocycles. The lowest BCUT2D eigenvalue weighted by Crippen LogP contribution is -2.46. The minimum atomic E-state index is 0.196. The number of nitrogens with two attached hydrogens (primary N) is 1. The fraction of sp³-hybridized carbons (Fsp3) is 0.667. The van der Waals surface area contributed by atoms with E-state index in [9.17, 15) is 0 Å². The number of furan rings is 1. The highest BCUT2D eigenvalue weighted by Gasteiger charge is 2.32. The van der Waals surface area contributed by atoms with Crippen LogP contribution in [0.1, 0.15) is 25.6 Å². The Labute approximate surface area is 115 Å². The van der Waals surface area contributed by atoms with Gasteiger partial charge in [-0.2, -0.15) is 11.8 Å². The van der Waals surface area contributed by atoms with Gasteiger partial charge in [0.2, 0.25) is 0 Å². The standard InChI is InChI=1S/C12H19BrN2OS/c1-12(2)8-15(5-6-17-12)9(7-14)10-3-4-11(13)16-10/h3-4,9H,5-8,14H2,1-2H3. The van der Waals surface area contributed by atoms with E-state index >= 15 is 0 Å². The third-order valence-corrected chi connectivity index (χ3v) is 4.77. The molecule has 17 heavy (non-hydrogen) atoms. The van der Waals surface area contributed by atoms with Crippen LogP contribution in [0, 0.1) is 0 Å². The van der Waals surface area contributed by atoms with Crippen molar-refractivity contribution in [2.45, 2.75) is 24.6 Å². The molecule has 1 saturated heterocycles. The zero-order valence-electron chi connectivity index (χ0n) is 10.3. The van der Waals surface area contributed by atoms with Gasteiger partial charge in [-0.15, -0.1) is 0 Å². The second-order valence-electron chi connectivity index (χ2n) is 4.97. The van der Waals surface area contributed by atoms with Crippen LogP contribution in [0.3, 0.4) is 0 Å². The lowest BCUT2D eigenvalue weighted by atomic mass is 10.1. The average molecular weight is 319 g/mol. The molecule has 96 valence electrons. The quantitative estimate of drug-likeness (QED) is 0.930. The SMILES string of the molecule is CC1(C)CN(C(CN)c2ccc(Br)o2)CCS1. The van der Waals surface area contributed by atoms with Gasteiger partial charge < -0.3 is 10.2 Å². The number of hydrogen-bond donors (Lipinski definition) is 1. The molecule has 0 saturated carbocycles. The lowest BCUT2D eigenvalue weighted by Gasteiger charge is -2.40. The van der Waals surface area contributed by atoms with E-state index in [1.54, 1.807) is 0 Å². The Hall–Kier alpha value is 0.0300. The summed E-state index contributed by atoms with van der Waals surface area (Å²) < 4.78 is 6.72. The lowest BCUT2D eigenvalue weighted by molar-refractivity contribution is 0.170. The van der Waals surface area contributed by atoms with Crippen molar-refractivity contribution in [2.24, 2.45) is 5.73 Å². The molecular formula is C12H19BrN2OS. The molecule has 2 N–H and O–H groups in total. The summed E-state index contributed by atoms with van der Waals surface area (Å²) in [5, 5.41) is 0. The molecule has 1 atom stereocenters. The van der Waals surface area contributed by atoms with Crippen molar-refractivity contribution in [3.63, 3.8) is 0 Å². The maximum Gasteiger partial charge on any atom is 0.169 e. The van der Waals surface area contributed by atoms with Gasteiger partial charge >= 0.3 is 0 Å². The molecular weight excluding hydrogens is 300 g/mol. The second-order valence-corrected chi connectivity index (χ2v) is 7.56. The third kappa shape index (κ3) is 3.28. The van der Waals surface area contributed by atoms with Gasteiger partial charge in [-0.3, -0.25) is 4.90 Å². The van der Waals surface area contributed by atoms with Crippen LogP contribution in [0.15, 0.2) is 21.2 Å². The van der Waals surface area contributed by atoms with E-state index in [1.165, 1.54) is 0 Å². The monoisotopic (exact) mass is 318 g/mol. The summed E-state index contributed by atoms with van der Waals surface area (Å²) in [5.74, 6) is 2.12. The number of rotatable bonds is 3. The second kappa shape index (κ2) is 5.34. The van der Waals surface area contributed by atoms with E-state index < -0.39 is 0 Å². The zero-order valence-corrected chi connectivity index (χ0v) is 12.7. The molecule has 1 aliphatic heterocycles. The van der Waals surface area contributed by atoms with Gasteiger partial charge in [0.05, 0.1) is 6.04 Å². The van der Waals surface area contributed by atoms with Crippen LogP contribution < -0.4 is 5.73 Å². The van der Waals surface area contributed by atoms with Crippen molar-refractivity contribution < 1.29 is 4.42 Å². The first-order valence-electron chi connectivity index (χ1n) is 5.85. The summed E-state index contributed by atoms with van der Waals surface area (Å²) in [7, 11) is 0. The molecule has 1 unspecified atom stereocenters. The summed E-state index contributed by atoms with van der Waals surface area (Å²) in [6.45, 7) is 7.30. The Kier molecular flexibility index (Phi) is 4.23. The van der Waals surface area contributed by atoms with Crippen molar-refractivity contribution >= 4 is 27.7 Å². The van der Waals surface area contributed by atoms with Gasteiger partial charge in [0.25, 0.3) is 0 Å². The van der Waals surface area contributed by atoms with Gasteiger partial charge in [-0.05, 0) is 41.9 Å². The number of nitrogens with zero attached hydrogens (tertiary/aromatic N) is 1. The molecule has 2 heterocycles. The maximum absolute atomic E-state index is 5.91. The molecule has 0 spiro atoms. The number of thioether (sulfide) groups is 1. The van der Waals surface area contributed by atoms with E-state index in [2.05, 4.69) is 34.7 Å². The van der Waals surface area contributed by atoms with E-state index in [0.717, 1.165) is 29.3 Å². The molecule has 0 radical (unpaired) electrons. The molecule has 0 bridgehead atoms. The minimum Gasteiger partial charge on any atom is -0.453 e. The van der Waals surface area contributed by atoms with Gasteiger partial charge in [0, 0.05) is 30.1 Å². The average Bonchev–Trinajstić information content (AvgIpc) is 2.64. The van der Waals surface area contributed by atoms with Crippen LogP contribution in [0.25, 0.3) is 0 Å². The first-order valence-corrected chi connectivity index (χ1v) is 7.63. The molecule has 1 aromatic rings. The predicted molar refractivity (Wildman–Crippen MR) is 76.3 cm³/mol. The fourth-order valence-corrected chi connectivity index (χ4v) is 3.73. The fourth-order valence-electron chi connectivity index (χ4n) is 2.27. The Bertz CT molecular complexity index is 380. The predicted octanol–water partition coefficient (Wildman–Crippen LogP) is 2.87. The van der Waals surface area contributed by atoms with Gasteiger partial charge in [-0.1, -0.05) is 0 Å². The van der Waals surface area contributed by atoms with Crippen LogP contribution in [0.4, 0.5) is 0 Å². The third-order valence-electron chi connectivity index (χ3n) is 3.04. The summed E-state index contributed by atoms with van der Waals surface area (Å²) >= 11 is 5.38. The normalized spacial score (nSPS) is 22.6. The molecule has 0 aliphatic carbocycles. The summed E-state index contributed by atoms with van der Waals surface area (Å²) in [6.07, 6.45) is 0. The van der Waals surface area contributed by atoms with Crippen LogP contribution in [0.2, 0.25) is 0 Å². The van der Waals surface area contributed by atoms with Gasteiger partial charge in [-0.25, -0.2) is 0 Å². The summed E-state index contributed by atoms with van der Waals surface area (Å²) in [4.78, 5) is 2.43. The molecule has 5 heteroatoms. The van der Waals surface area contributed by atoms with Crippen molar-refractivity contribution in [3.8, 4) is 0 Å². The van der Waals surface area contributed by atoms with Gasteiger partial charge in [0.1, 0.15) is 5.76 Å². The van der Waals surface area contributed by atoms with E-state index in [4.69, 9.17) is 10.2 Å². The molecule has 2 rings (SSSR count). The summed E-state index contributed by atoms with van der Waals surface area (Å²) in [5.41, 5.74) is 5.91. The van der Waals surface area contributed by atoms with Gasteiger partial charge in [0.15, 0.2) is 4.67 Å². The molecule has 1 fully saturated rings. The van der Waals surface area contributed by atoms with Crippen molar-refractivity contribution in [1.82, 2.24) is 4.90 Å². The molecule has 0 amide bonds. The highest BCUT2D eigenvalue weighted by molar-refractivity contribution is 9.10. The van der Waals surface area contributed by atoms with E-state index in [0.29, 0.717) is 11.3 Å². The minimum absolute atomic E-state index is 0.196. The first-order chi connectivity index (χ1) is 8.02. The molecule has 3 nitrogen and oxygen atoms in total. The molecule has 1 aliphatic rings. The topological polar surface area (TPSA) is 42.4 Å². The van der Waals surface area contributed by atoms with Crippen LogP contribution in [-0.4, -0.2) is 35.0 Å². The Balaban J connectivity index is 2.13. The largest absolute Gasteiger partial charge is 0.453 e. The maximum atomic E-state index is 5.91. The van der Waals surface area contributed by atoms with Crippen molar-refractivity contribution in [2.75, 3.05) is 25.4 Å². The van der Waals surface area contributed by atoms with Crippen LogP contribution in [-0.2, 0) is 0 Å². The first kappa shape index (κ1) is 13.5. The zero-order chi connectivity index (χ0) is 12.5. The Morgan fingerprint density at radius 1 is 1.59 bits per heavy atom. The van der Waals surface area contributed by atoms with Crippen molar-refractivity contribution in [3.05, 3.63) is 22.6 Å². The smallest absolute Gasteiger partial charge is 0.169 e. The van der Waals surface area contributed by atoms with Crippen LogP contribution in [0.5, 0.6) is 0 Å². The Morgan fingerprint density at radius 3 is 2.88 bits per heavy atom. The number of hydrogen-bond acceptors (Lipinski definition) is 4. The molecule has 1 aromatic heterocycles. The highest BCUT2D eigenvalue weighted by Crippen LogP contribution is 2.34. The van der Waals surface area contributed by atoms with E-state index in [-0.39, 0.29) is 6.04 Å².